The van der Waals surface area contributed by atoms with Crippen molar-refractivity contribution >= 4 is 0 Å². The van der Waals surface area contributed by atoms with Crippen LogP contribution in [0.25, 0.3) is 11.3 Å². The minimum Gasteiger partial charge on any atom is -0.506 e. The maximum atomic E-state index is 9.11. The normalized spacial score (nSPS) is 10.1. The van der Waals surface area contributed by atoms with E-state index in [0.29, 0.717) is 0 Å². The van der Waals surface area contributed by atoms with Crippen molar-refractivity contribution < 1.29 is 5.11 Å². The highest BCUT2D eigenvalue weighted by Gasteiger charge is 2.01. The summed E-state index contributed by atoms with van der Waals surface area (Å²) in [5.74, 6) is 0.197. The van der Waals surface area contributed by atoms with E-state index in [1.165, 1.54) is 11.8 Å². The number of hydrogen-bond acceptors (Lipinski definition) is 2. The Morgan fingerprint density at radius 2 is 1.86 bits per heavy atom. The monoisotopic (exact) mass is 185 g/mol. The van der Waals surface area contributed by atoms with Gasteiger partial charge in [0.2, 0.25) is 0 Å². The molecule has 1 heterocycles. The summed E-state index contributed by atoms with van der Waals surface area (Å²) in [6.07, 6.45) is 1.46. The number of aryl methyl sites for hydroxylation is 1. The van der Waals surface area contributed by atoms with E-state index in [-0.39, 0.29) is 5.75 Å². The van der Waals surface area contributed by atoms with Gasteiger partial charge in [-0.3, -0.25) is 4.98 Å². The Balaban J connectivity index is 2.50. The van der Waals surface area contributed by atoms with Gasteiger partial charge in [0.25, 0.3) is 0 Å². The van der Waals surface area contributed by atoms with E-state index in [2.05, 4.69) is 4.98 Å². The topological polar surface area (TPSA) is 33.1 Å². The summed E-state index contributed by atoms with van der Waals surface area (Å²) in [4.78, 5) is 4.16. The van der Waals surface area contributed by atoms with Crippen molar-refractivity contribution in [3.8, 4) is 17.0 Å². The summed E-state index contributed by atoms with van der Waals surface area (Å²) in [6, 6.07) is 11.5. The molecule has 0 atom stereocenters. The summed E-state index contributed by atoms with van der Waals surface area (Å²) in [7, 11) is 0. The Morgan fingerprint density at radius 3 is 2.50 bits per heavy atom. The molecule has 0 radical (unpaired) electrons. The lowest BCUT2D eigenvalue weighted by molar-refractivity contribution is 0.473. The highest BCUT2D eigenvalue weighted by Crippen LogP contribution is 2.21. The van der Waals surface area contributed by atoms with Crippen molar-refractivity contribution in [2.24, 2.45) is 0 Å². The minimum atomic E-state index is 0.197. The quantitative estimate of drug-likeness (QED) is 0.741. The third-order valence-electron chi connectivity index (χ3n) is 2.17. The largest absolute Gasteiger partial charge is 0.506 e. The van der Waals surface area contributed by atoms with Crippen LogP contribution in [0, 0.1) is 6.92 Å². The van der Waals surface area contributed by atoms with Gasteiger partial charge in [-0.05, 0) is 24.6 Å². The fraction of sp³-hybridized carbons (Fsp3) is 0.0833. The van der Waals surface area contributed by atoms with Crippen LogP contribution in [0.3, 0.4) is 0 Å². The average molecular weight is 185 g/mol. The second-order valence-electron chi connectivity index (χ2n) is 3.22. The Labute approximate surface area is 82.9 Å². The average Bonchev–Trinajstić information content (AvgIpc) is 2.20. The fourth-order valence-electron chi connectivity index (χ4n) is 1.41. The van der Waals surface area contributed by atoms with Crippen molar-refractivity contribution in [1.29, 1.82) is 0 Å². The number of rotatable bonds is 1. The number of nitrogens with zero attached hydrogens (tertiary/aromatic N) is 1. The Hall–Kier alpha value is -1.83. The van der Waals surface area contributed by atoms with E-state index < -0.39 is 0 Å². The van der Waals surface area contributed by atoms with Gasteiger partial charge >= 0.3 is 0 Å². The van der Waals surface area contributed by atoms with Crippen LogP contribution in [0.1, 0.15) is 5.56 Å². The van der Waals surface area contributed by atoms with Gasteiger partial charge in [0.05, 0.1) is 11.9 Å². The molecule has 1 N–H and O–H groups in total. The SMILES string of the molecule is Cc1ccccc1-c1ccc(O)cn1. The van der Waals surface area contributed by atoms with Crippen LogP contribution >= 0.6 is 0 Å². The molecule has 2 heteroatoms. The van der Waals surface area contributed by atoms with Gasteiger partial charge < -0.3 is 5.11 Å². The standard InChI is InChI=1S/C12H11NO/c1-9-4-2-3-5-11(9)12-7-6-10(14)8-13-12/h2-8,14H,1H3. The van der Waals surface area contributed by atoms with Crippen LogP contribution in [-0.2, 0) is 0 Å². The number of aromatic nitrogens is 1. The fourth-order valence-corrected chi connectivity index (χ4v) is 1.41. The Kier molecular flexibility index (Phi) is 2.19. The molecule has 2 rings (SSSR count). The first-order chi connectivity index (χ1) is 6.77. The van der Waals surface area contributed by atoms with Gasteiger partial charge in [0, 0.05) is 5.56 Å². The van der Waals surface area contributed by atoms with Crippen LogP contribution in [-0.4, -0.2) is 10.1 Å². The molecule has 0 saturated heterocycles. The van der Waals surface area contributed by atoms with E-state index in [1.54, 1.807) is 6.07 Å². The molecule has 0 aliphatic heterocycles. The lowest BCUT2D eigenvalue weighted by Crippen LogP contribution is -1.85. The second kappa shape index (κ2) is 3.50. The summed E-state index contributed by atoms with van der Waals surface area (Å²) < 4.78 is 0. The molecule has 0 aliphatic rings. The number of hydrogen-bond donors (Lipinski definition) is 1. The molecule has 1 aromatic carbocycles. The first kappa shape index (κ1) is 8.75. The van der Waals surface area contributed by atoms with Crippen molar-refractivity contribution in [2.45, 2.75) is 6.92 Å². The number of benzene rings is 1. The molecular formula is C12H11NO. The van der Waals surface area contributed by atoms with E-state index in [0.717, 1.165) is 11.3 Å². The molecule has 0 aliphatic carbocycles. The van der Waals surface area contributed by atoms with Crippen LogP contribution in [0.4, 0.5) is 0 Å². The third kappa shape index (κ3) is 1.59. The molecule has 2 nitrogen and oxygen atoms in total. The van der Waals surface area contributed by atoms with E-state index in [4.69, 9.17) is 5.11 Å². The van der Waals surface area contributed by atoms with E-state index in [1.807, 2.05) is 37.3 Å². The second-order valence-corrected chi connectivity index (χ2v) is 3.22. The first-order valence-electron chi connectivity index (χ1n) is 4.48. The summed E-state index contributed by atoms with van der Waals surface area (Å²) in [5.41, 5.74) is 3.18. The zero-order chi connectivity index (χ0) is 9.97. The van der Waals surface area contributed by atoms with Gasteiger partial charge in [-0.25, -0.2) is 0 Å². The maximum absolute atomic E-state index is 9.11. The smallest absolute Gasteiger partial charge is 0.133 e. The highest BCUT2D eigenvalue weighted by molar-refractivity contribution is 5.63. The maximum Gasteiger partial charge on any atom is 0.133 e. The molecule has 14 heavy (non-hydrogen) atoms. The van der Waals surface area contributed by atoms with Crippen molar-refractivity contribution in [3.05, 3.63) is 48.2 Å². The summed E-state index contributed by atoms with van der Waals surface area (Å²) >= 11 is 0. The number of pyridine rings is 1. The molecule has 0 fully saturated rings. The van der Waals surface area contributed by atoms with Gasteiger partial charge in [-0.15, -0.1) is 0 Å². The van der Waals surface area contributed by atoms with Crippen molar-refractivity contribution in [2.75, 3.05) is 0 Å². The van der Waals surface area contributed by atoms with E-state index in [9.17, 15) is 0 Å². The molecule has 0 unspecified atom stereocenters. The van der Waals surface area contributed by atoms with Crippen LogP contribution in [0.5, 0.6) is 5.75 Å². The zero-order valence-corrected chi connectivity index (χ0v) is 7.94. The van der Waals surface area contributed by atoms with Gasteiger partial charge in [0.1, 0.15) is 5.75 Å². The lowest BCUT2D eigenvalue weighted by Gasteiger charge is -2.03. The molecule has 0 amide bonds. The lowest BCUT2D eigenvalue weighted by atomic mass is 10.1. The van der Waals surface area contributed by atoms with Crippen LogP contribution in [0.2, 0.25) is 0 Å². The predicted molar refractivity (Wildman–Crippen MR) is 56.1 cm³/mol. The third-order valence-corrected chi connectivity index (χ3v) is 2.17. The minimum absolute atomic E-state index is 0.197. The summed E-state index contributed by atoms with van der Waals surface area (Å²) in [6.45, 7) is 2.05. The van der Waals surface area contributed by atoms with Crippen molar-refractivity contribution in [1.82, 2.24) is 4.98 Å². The van der Waals surface area contributed by atoms with Crippen LogP contribution < -0.4 is 0 Å². The molecule has 0 saturated carbocycles. The molecule has 1 aromatic heterocycles. The molecular weight excluding hydrogens is 174 g/mol. The van der Waals surface area contributed by atoms with Gasteiger partial charge in [-0.2, -0.15) is 0 Å². The van der Waals surface area contributed by atoms with Crippen molar-refractivity contribution in [3.63, 3.8) is 0 Å². The van der Waals surface area contributed by atoms with Gasteiger partial charge in [-0.1, -0.05) is 24.3 Å². The molecule has 0 bridgehead atoms. The molecule has 0 spiro atoms. The van der Waals surface area contributed by atoms with Gasteiger partial charge in [0.15, 0.2) is 0 Å². The zero-order valence-electron chi connectivity index (χ0n) is 7.94. The first-order valence-corrected chi connectivity index (χ1v) is 4.48. The Morgan fingerprint density at radius 1 is 1.07 bits per heavy atom. The highest BCUT2D eigenvalue weighted by atomic mass is 16.3. The summed E-state index contributed by atoms with van der Waals surface area (Å²) in [5, 5.41) is 9.11. The molecule has 70 valence electrons. The predicted octanol–water partition coefficient (Wildman–Crippen LogP) is 2.76. The van der Waals surface area contributed by atoms with E-state index >= 15 is 0 Å². The van der Waals surface area contributed by atoms with Crippen LogP contribution in [0.15, 0.2) is 42.6 Å². The molecule has 2 aromatic rings. The Bertz CT molecular complexity index is 434. The number of aromatic hydroxyl groups is 1.